The highest BCUT2D eigenvalue weighted by molar-refractivity contribution is 5.79. The number of amides is 1. The Labute approximate surface area is 88.8 Å². The Balaban J connectivity index is 2.36. The lowest BCUT2D eigenvalue weighted by atomic mass is 10.0. The van der Waals surface area contributed by atoms with Gasteiger partial charge in [-0.25, -0.2) is 0 Å². The number of carboxylic acids is 1. The van der Waals surface area contributed by atoms with E-state index in [4.69, 9.17) is 9.84 Å². The average molecular weight is 215 g/mol. The van der Waals surface area contributed by atoms with Crippen LogP contribution in [0.2, 0.25) is 0 Å². The molecule has 86 valence electrons. The Hall–Kier alpha value is -1.10. The van der Waals surface area contributed by atoms with Crippen molar-refractivity contribution in [1.82, 2.24) is 5.32 Å². The monoisotopic (exact) mass is 215 g/mol. The van der Waals surface area contributed by atoms with Gasteiger partial charge in [0.05, 0.1) is 5.92 Å². The zero-order chi connectivity index (χ0) is 11.3. The summed E-state index contributed by atoms with van der Waals surface area (Å²) >= 11 is 0. The van der Waals surface area contributed by atoms with Crippen LogP contribution in [0.1, 0.15) is 26.2 Å². The zero-order valence-corrected chi connectivity index (χ0v) is 8.86. The minimum absolute atomic E-state index is 0.0132. The molecule has 2 atom stereocenters. The van der Waals surface area contributed by atoms with E-state index in [1.807, 2.05) is 6.92 Å². The molecule has 1 aliphatic rings. The summed E-state index contributed by atoms with van der Waals surface area (Å²) in [7, 11) is 0. The summed E-state index contributed by atoms with van der Waals surface area (Å²) in [5.74, 6) is -1.49. The van der Waals surface area contributed by atoms with Gasteiger partial charge >= 0.3 is 5.97 Å². The first-order chi connectivity index (χ1) is 7.15. The quantitative estimate of drug-likeness (QED) is 0.695. The van der Waals surface area contributed by atoms with Gasteiger partial charge in [0, 0.05) is 12.6 Å². The summed E-state index contributed by atoms with van der Waals surface area (Å²) in [6, 6.07) is -0.226. The van der Waals surface area contributed by atoms with E-state index in [1.165, 1.54) is 0 Å². The van der Waals surface area contributed by atoms with Gasteiger partial charge < -0.3 is 15.2 Å². The van der Waals surface area contributed by atoms with Crippen molar-refractivity contribution in [1.29, 1.82) is 0 Å². The van der Waals surface area contributed by atoms with Crippen LogP contribution in [-0.4, -0.2) is 36.2 Å². The predicted molar refractivity (Wildman–Crippen MR) is 53.4 cm³/mol. The molecular formula is C10H17NO4. The van der Waals surface area contributed by atoms with Crippen LogP contribution in [0.15, 0.2) is 0 Å². The van der Waals surface area contributed by atoms with Gasteiger partial charge in [-0.1, -0.05) is 6.42 Å². The summed E-state index contributed by atoms with van der Waals surface area (Å²) in [5.41, 5.74) is 0. The van der Waals surface area contributed by atoms with Gasteiger partial charge in [-0.2, -0.15) is 0 Å². The minimum Gasteiger partial charge on any atom is -0.481 e. The smallest absolute Gasteiger partial charge is 0.308 e. The molecule has 0 bridgehead atoms. The van der Waals surface area contributed by atoms with Gasteiger partial charge in [0.1, 0.15) is 6.61 Å². The molecule has 15 heavy (non-hydrogen) atoms. The van der Waals surface area contributed by atoms with Crippen molar-refractivity contribution in [3.05, 3.63) is 0 Å². The second kappa shape index (κ2) is 5.70. The molecule has 0 heterocycles. The summed E-state index contributed by atoms with van der Waals surface area (Å²) in [6.07, 6.45) is 2.25. The molecule has 1 saturated carbocycles. The molecule has 1 aliphatic carbocycles. The van der Waals surface area contributed by atoms with Crippen molar-refractivity contribution in [3.63, 3.8) is 0 Å². The molecule has 0 radical (unpaired) electrons. The SMILES string of the molecule is CCOCC(=O)NC1CCCC1C(=O)O. The third-order valence-corrected chi connectivity index (χ3v) is 2.62. The second-order valence-corrected chi connectivity index (χ2v) is 3.69. The van der Waals surface area contributed by atoms with Gasteiger partial charge in [0.2, 0.25) is 5.91 Å². The third-order valence-electron chi connectivity index (χ3n) is 2.62. The molecule has 5 nitrogen and oxygen atoms in total. The molecule has 1 fully saturated rings. The van der Waals surface area contributed by atoms with Crippen molar-refractivity contribution in [2.45, 2.75) is 32.2 Å². The number of hydrogen-bond acceptors (Lipinski definition) is 3. The summed E-state index contributed by atoms with van der Waals surface area (Å²) in [5, 5.41) is 11.6. The maximum Gasteiger partial charge on any atom is 0.308 e. The largest absolute Gasteiger partial charge is 0.481 e. The van der Waals surface area contributed by atoms with E-state index in [1.54, 1.807) is 0 Å². The van der Waals surface area contributed by atoms with Crippen molar-refractivity contribution in [2.75, 3.05) is 13.2 Å². The lowest BCUT2D eigenvalue weighted by molar-refractivity contribution is -0.142. The van der Waals surface area contributed by atoms with Crippen LogP contribution in [0.25, 0.3) is 0 Å². The third kappa shape index (κ3) is 3.51. The topological polar surface area (TPSA) is 75.6 Å². The molecule has 2 unspecified atom stereocenters. The van der Waals surface area contributed by atoms with Crippen LogP contribution < -0.4 is 5.32 Å². The first-order valence-electron chi connectivity index (χ1n) is 5.25. The predicted octanol–water partition coefficient (Wildman–Crippen LogP) is 0.392. The number of carbonyl (C=O) groups excluding carboxylic acids is 1. The minimum atomic E-state index is -0.825. The van der Waals surface area contributed by atoms with E-state index in [9.17, 15) is 9.59 Å². The van der Waals surface area contributed by atoms with Crippen LogP contribution in [0.4, 0.5) is 0 Å². The maximum atomic E-state index is 11.3. The number of aliphatic carboxylic acids is 1. The van der Waals surface area contributed by atoms with Crippen LogP contribution in [0.5, 0.6) is 0 Å². The fraction of sp³-hybridized carbons (Fsp3) is 0.800. The Morgan fingerprint density at radius 3 is 2.80 bits per heavy atom. The first-order valence-corrected chi connectivity index (χ1v) is 5.25. The normalized spacial score (nSPS) is 25.1. The summed E-state index contributed by atoms with van der Waals surface area (Å²) in [4.78, 5) is 22.1. The molecule has 0 aromatic heterocycles. The Kier molecular flexibility index (Phi) is 4.55. The van der Waals surface area contributed by atoms with Crippen molar-refractivity contribution in [2.24, 2.45) is 5.92 Å². The van der Waals surface area contributed by atoms with Crippen LogP contribution in [-0.2, 0) is 14.3 Å². The van der Waals surface area contributed by atoms with Gasteiger partial charge in [0.15, 0.2) is 0 Å². The maximum absolute atomic E-state index is 11.3. The van der Waals surface area contributed by atoms with Crippen molar-refractivity contribution in [3.8, 4) is 0 Å². The highest BCUT2D eigenvalue weighted by Gasteiger charge is 2.33. The van der Waals surface area contributed by atoms with E-state index >= 15 is 0 Å². The van der Waals surface area contributed by atoms with Gasteiger partial charge in [-0.05, 0) is 19.8 Å². The Morgan fingerprint density at radius 1 is 1.47 bits per heavy atom. The second-order valence-electron chi connectivity index (χ2n) is 3.69. The number of nitrogens with one attached hydrogen (secondary N) is 1. The number of carboxylic acid groups (broad SMARTS) is 1. The molecule has 2 N–H and O–H groups in total. The highest BCUT2D eigenvalue weighted by Crippen LogP contribution is 2.25. The van der Waals surface area contributed by atoms with Crippen molar-refractivity contribution < 1.29 is 19.4 Å². The Bertz CT molecular complexity index is 242. The lowest BCUT2D eigenvalue weighted by Gasteiger charge is -2.17. The standard InChI is InChI=1S/C10H17NO4/c1-2-15-6-9(12)11-8-5-3-4-7(8)10(13)14/h7-8H,2-6H2,1H3,(H,11,12)(H,13,14). The molecule has 5 heteroatoms. The van der Waals surface area contributed by atoms with E-state index in [-0.39, 0.29) is 18.6 Å². The molecule has 1 amide bonds. The van der Waals surface area contributed by atoms with Crippen molar-refractivity contribution >= 4 is 11.9 Å². The van der Waals surface area contributed by atoms with E-state index in [0.717, 1.165) is 12.8 Å². The van der Waals surface area contributed by atoms with Crippen LogP contribution >= 0.6 is 0 Å². The number of ether oxygens (including phenoxy) is 1. The Morgan fingerprint density at radius 2 is 2.20 bits per heavy atom. The highest BCUT2D eigenvalue weighted by atomic mass is 16.5. The number of carbonyl (C=O) groups is 2. The zero-order valence-electron chi connectivity index (χ0n) is 8.86. The average Bonchev–Trinajstić information content (AvgIpc) is 2.62. The number of hydrogen-bond donors (Lipinski definition) is 2. The molecule has 0 aliphatic heterocycles. The molecular weight excluding hydrogens is 198 g/mol. The van der Waals surface area contributed by atoms with Gasteiger partial charge in [0.25, 0.3) is 0 Å². The molecule has 0 saturated heterocycles. The fourth-order valence-corrected chi connectivity index (χ4v) is 1.87. The fourth-order valence-electron chi connectivity index (χ4n) is 1.87. The molecule has 0 spiro atoms. The van der Waals surface area contributed by atoms with E-state index in [2.05, 4.69) is 5.32 Å². The van der Waals surface area contributed by atoms with Crippen LogP contribution in [0, 0.1) is 5.92 Å². The van der Waals surface area contributed by atoms with Gasteiger partial charge in [-0.15, -0.1) is 0 Å². The van der Waals surface area contributed by atoms with Gasteiger partial charge in [-0.3, -0.25) is 9.59 Å². The molecule has 0 aromatic carbocycles. The number of rotatable bonds is 5. The molecule has 0 aromatic rings. The first kappa shape index (κ1) is 12.0. The summed E-state index contributed by atoms with van der Waals surface area (Å²) in [6.45, 7) is 2.31. The van der Waals surface area contributed by atoms with E-state index in [0.29, 0.717) is 13.0 Å². The summed E-state index contributed by atoms with van der Waals surface area (Å²) < 4.78 is 4.94. The molecule has 1 rings (SSSR count). The lowest BCUT2D eigenvalue weighted by Crippen LogP contribution is -2.41. The van der Waals surface area contributed by atoms with E-state index < -0.39 is 11.9 Å². The van der Waals surface area contributed by atoms with Crippen LogP contribution in [0.3, 0.4) is 0 Å².